The third-order valence-electron chi connectivity index (χ3n) is 18.1. The Labute approximate surface area is 594 Å². The molecule has 0 radical (unpaired) electrons. The van der Waals surface area contributed by atoms with Crippen molar-refractivity contribution in [2.24, 2.45) is 17.8 Å². The van der Waals surface area contributed by atoms with E-state index in [2.05, 4.69) is 48.5 Å². The molecule has 5 atom stereocenters. The van der Waals surface area contributed by atoms with E-state index >= 15 is 0 Å². The Morgan fingerprint density at radius 3 is 0.701 bits per heavy atom. The van der Waals surface area contributed by atoms with Gasteiger partial charge in [0.05, 0.1) is 26.4 Å². The van der Waals surface area contributed by atoms with E-state index in [4.69, 9.17) is 37.0 Å². The zero-order valence-electron chi connectivity index (χ0n) is 63.5. The molecule has 576 valence electrons. The van der Waals surface area contributed by atoms with Crippen LogP contribution in [0.1, 0.15) is 402 Å². The number of aliphatic hydroxyl groups excluding tert-OH is 1. The molecule has 0 aliphatic carbocycles. The average Bonchev–Trinajstić information content (AvgIpc) is 2.23. The number of hydrogen-bond acceptors (Lipinski definition) is 15. The summed E-state index contributed by atoms with van der Waals surface area (Å²) >= 11 is 0. The predicted molar refractivity (Wildman–Crippen MR) is 395 cm³/mol. The van der Waals surface area contributed by atoms with Crippen LogP contribution in [0.4, 0.5) is 0 Å². The summed E-state index contributed by atoms with van der Waals surface area (Å²) in [5.74, 6) is 0.0879. The molecule has 0 aliphatic rings. The van der Waals surface area contributed by atoms with Crippen molar-refractivity contribution in [2.45, 2.75) is 420 Å². The van der Waals surface area contributed by atoms with Gasteiger partial charge in [-0.1, -0.05) is 350 Å². The maximum atomic E-state index is 13.1. The lowest BCUT2D eigenvalue weighted by Crippen LogP contribution is -2.30. The third-order valence-corrected chi connectivity index (χ3v) is 20.0. The molecule has 0 aromatic rings. The summed E-state index contributed by atoms with van der Waals surface area (Å²) in [6.07, 6.45) is 55.8. The number of rotatable bonds is 76. The van der Waals surface area contributed by atoms with Crippen LogP contribution in [-0.2, 0) is 65.4 Å². The second-order valence-corrected chi connectivity index (χ2v) is 32.4. The number of ether oxygens (including phenoxy) is 4. The van der Waals surface area contributed by atoms with Gasteiger partial charge < -0.3 is 33.8 Å². The number of carbonyl (C=O) groups excluding carboxylic acids is 4. The summed E-state index contributed by atoms with van der Waals surface area (Å²) < 4.78 is 68.5. The van der Waals surface area contributed by atoms with Crippen LogP contribution in [0.3, 0.4) is 0 Å². The normalized spacial score (nSPS) is 14.0. The lowest BCUT2D eigenvalue weighted by Gasteiger charge is -2.21. The van der Waals surface area contributed by atoms with Crippen LogP contribution in [0.25, 0.3) is 0 Å². The lowest BCUT2D eigenvalue weighted by molar-refractivity contribution is -0.161. The first-order valence-electron chi connectivity index (χ1n) is 40.3. The second-order valence-electron chi connectivity index (χ2n) is 29.5. The van der Waals surface area contributed by atoms with Gasteiger partial charge in [0.1, 0.15) is 19.3 Å². The highest BCUT2D eigenvalue weighted by molar-refractivity contribution is 7.47. The van der Waals surface area contributed by atoms with Crippen LogP contribution < -0.4 is 0 Å². The molecule has 17 nitrogen and oxygen atoms in total. The summed E-state index contributed by atoms with van der Waals surface area (Å²) in [6.45, 7) is 11.8. The maximum absolute atomic E-state index is 13.1. The zero-order valence-corrected chi connectivity index (χ0v) is 65.3. The van der Waals surface area contributed by atoms with E-state index in [0.29, 0.717) is 37.5 Å². The molecule has 97 heavy (non-hydrogen) atoms. The fraction of sp³-hybridized carbons (Fsp3) is 0.949. The minimum Gasteiger partial charge on any atom is -0.462 e. The Morgan fingerprint density at radius 1 is 0.278 bits per heavy atom. The second kappa shape index (κ2) is 68.5. The fourth-order valence-electron chi connectivity index (χ4n) is 12.0. The lowest BCUT2D eigenvalue weighted by atomic mass is 10.0. The Morgan fingerprint density at radius 2 is 0.474 bits per heavy atom. The van der Waals surface area contributed by atoms with Crippen molar-refractivity contribution in [3.05, 3.63) is 0 Å². The fourth-order valence-corrected chi connectivity index (χ4v) is 13.5. The first kappa shape index (κ1) is 95.1. The summed E-state index contributed by atoms with van der Waals surface area (Å²) in [5, 5.41) is 10.6. The molecule has 19 heteroatoms. The molecule has 0 amide bonds. The van der Waals surface area contributed by atoms with Gasteiger partial charge in [0, 0.05) is 25.7 Å². The van der Waals surface area contributed by atoms with Crippen LogP contribution in [-0.4, -0.2) is 96.7 Å². The smallest absolute Gasteiger partial charge is 0.462 e. The van der Waals surface area contributed by atoms with Gasteiger partial charge in [0.2, 0.25) is 0 Å². The van der Waals surface area contributed by atoms with Crippen LogP contribution >= 0.6 is 15.6 Å². The van der Waals surface area contributed by atoms with Gasteiger partial charge in [-0.3, -0.25) is 37.3 Å². The van der Waals surface area contributed by atoms with Gasteiger partial charge in [-0.25, -0.2) is 9.13 Å². The molecule has 2 unspecified atom stereocenters. The Balaban J connectivity index is 5.21. The van der Waals surface area contributed by atoms with Gasteiger partial charge >= 0.3 is 39.5 Å². The molecule has 0 aliphatic heterocycles. The van der Waals surface area contributed by atoms with E-state index in [-0.39, 0.29) is 25.7 Å². The average molecular weight is 1420 g/mol. The largest absolute Gasteiger partial charge is 0.472 e. The van der Waals surface area contributed by atoms with E-state index in [9.17, 15) is 43.2 Å². The van der Waals surface area contributed by atoms with Crippen molar-refractivity contribution >= 4 is 39.5 Å². The van der Waals surface area contributed by atoms with Crippen LogP contribution in [0.15, 0.2) is 0 Å². The maximum Gasteiger partial charge on any atom is 0.472 e. The highest BCUT2D eigenvalue weighted by Gasteiger charge is 2.30. The number of unbranched alkanes of at least 4 members (excludes halogenated alkanes) is 44. The van der Waals surface area contributed by atoms with E-state index in [1.807, 2.05) is 0 Å². The minimum absolute atomic E-state index is 0.103. The van der Waals surface area contributed by atoms with Crippen molar-refractivity contribution in [1.82, 2.24) is 0 Å². The SMILES string of the molecule is CCCCCCCCCCCCCCCCCCCCCC(=O)O[C@H](COC(=O)CCCCCCCCCCCCCCCCCC(C)C)COP(=O)(O)OC[C@@H](O)COP(=O)(O)OC[C@@H](COC(=O)CCCCCCCCCC(C)C)OC(=O)CCCCCCCCCC(C)C. The summed E-state index contributed by atoms with van der Waals surface area (Å²) in [7, 11) is -9.91. The van der Waals surface area contributed by atoms with Gasteiger partial charge in [0.25, 0.3) is 0 Å². The molecule has 0 spiro atoms. The molecular weight excluding hydrogens is 1270 g/mol. The molecule has 0 bridgehead atoms. The predicted octanol–water partition coefficient (Wildman–Crippen LogP) is 23.0. The van der Waals surface area contributed by atoms with Crippen molar-refractivity contribution < 1.29 is 80.2 Å². The van der Waals surface area contributed by atoms with E-state index in [1.165, 1.54) is 205 Å². The Bertz CT molecular complexity index is 1890. The molecule has 0 aromatic heterocycles. The summed E-state index contributed by atoms with van der Waals surface area (Å²) in [5.41, 5.74) is 0. The van der Waals surface area contributed by atoms with Gasteiger partial charge in [-0.15, -0.1) is 0 Å². The molecule has 0 saturated carbocycles. The molecule has 0 heterocycles. The number of aliphatic hydroxyl groups is 1. The monoisotopic (exact) mass is 1420 g/mol. The number of esters is 4. The topological polar surface area (TPSA) is 237 Å². The van der Waals surface area contributed by atoms with Crippen molar-refractivity contribution in [3.63, 3.8) is 0 Å². The van der Waals surface area contributed by atoms with Gasteiger partial charge in [-0.05, 0) is 43.4 Å². The third kappa shape index (κ3) is 72.2. The molecule has 0 fully saturated rings. The van der Waals surface area contributed by atoms with E-state index in [0.717, 1.165) is 102 Å². The Kier molecular flexibility index (Phi) is 67.1. The van der Waals surface area contributed by atoms with Gasteiger partial charge in [-0.2, -0.15) is 0 Å². The Hall–Kier alpha value is -1.94. The van der Waals surface area contributed by atoms with Crippen molar-refractivity contribution in [2.75, 3.05) is 39.6 Å². The van der Waals surface area contributed by atoms with E-state index < -0.39 is 97.5 Å². The standard InChI is InChI=1S/C78H152O17P2/c1-8-9-10-11-12-13-14-15-16-17-18-19-22-26-29-32-39-47-54-61-77(82)94-73(65-88-75(80)59-52-45-38-31-28-25-23-20-21-24-27-30-35-42-49-56-69(2)3)67-92-96(84,85)90-63-72(79)64-91-97(86,87)93-68-74(95-78(83)62-55-48-41-34-37-44-51-58-71(6)7)66-89-76(81)60-53-46-40-33-36-43-50-57-70(4)5/h69-74,79H,8-68H2,1-7H3,(H,84,85)(H,86,87)/t72-,73-,74-/m1/s1. The summed E-state index contributed by atoms with van der Waals surface area (Å²) in [6, 6.07) is 0. The zero-order chi connectivity index (χ0) is 71.6. The van der Waals surface area contributed by atoms with Crippen LogP contribution in [0.5, 0.6) is 0 Å². The highest BCUT2D eigenvalue weighted by atomic mass is 31.2. The molecule has 0 aromatic carbocycles. The number of hydrogen-bond donors (Lipinski definition) is 3. The van der Waals surface area contributed by atoms with Crippen LogP contribution in [0.2, 0.25) is 0 Å². The minimum atomic E-state index is -4.96. The van der Waals surface area contributed by atoms with Gasteiger partial charge in [0.15, 0.2) is 12.2 Å². The van der Waals surface area contributed by atoms with E-state index in [1.54, 1.807) is 0 Å². The number of phosphoric acid groups is 2. The molecule has 0 saturated heterocycles. The molecule has 0 rings (SSSR count). The highest BCUT2D eigenvalue weighted by Crippen LogP contribution is 2.45. The molecular formula is C78H152O17P2. The first-order chi connectivity index (χ1) is 46.7. The quantitative estimate of drug-likeness (QED) is 0.0222. The van der Waals surface area contributed by atoms with Crippen molar-refractivity contribution in [1.29, 1.82) is 0 Å². The van der Waals surface area contributed by atoms with Crippen LogP contribution in [0, 0.1) is 17.8 Å². The van der Waals surface area contributed by atoms with Crippen molar-refractivity contribution in [3.8, 4) is 0 Å². The number of carbonyl (C=O) groups is 4. The number of phosphoric ester groups is 2. The summed E-state index contributed by atoms with van der Waals surface area (Å²) in [4.78, 5) is 72.8. The first-order valence-corrected chi connectivity index (χ1v) is 43.3. The molecule has 3 N–H and O–H groups in total.